The highest BCUT2D eigenvalue weighted by molar-refractivity contribution is 7.89. The standard InChI is InChI=1S/C15H24N2O3S/c1-11(2)9-17(10-12(3)4)15(18)13-7-5-6-8-14(13)21(16,19)20/h5-8,11-12H,9-10H2,1-4H3,(H2,16,19,20). The lowest BCUT2D eigenvalue weighted by Crippen LogP contribution is -2.37. The third-order valence-electron chi connectivity index (χ3n) is 2.88. The minimum absolute atomic E-state index is 0.118. The Labute approximate surface area is 127 Å². The van der Waals surface area contributed by atoms with Crippen LogP contribution in [0.5, 0.6) is 0 Å². The first-order valence-corrected chi connectivity index (χ1v) is 8.58. The highest BCUT2D eigenvalue weighted by Gasteiger charge is 2.24. The minimum Gasteiger partial charge on any atom is -0.338 e. The summed E-state index contributed by atoms with van der Waals surface area (Å²) >= 11 is 0. The molecule has 1 aromatic carbocycles. The molecule has 0 unspecified atom stereocenters. The zero-order chi connectivity index (χ0) is 16.2. The van der Waals surface area contributed by atoms with Gasteiger partial charge in [0.15, 0.2) is 0 Å². The lowest BCUT2D eigenvalue weighted by atomic mass is 10.1. The fraction of sp³-hybridized carbons (Fsp3) is 0.533. The number of nitrogens with two attached hydrogens (primary N) is 1. The zero-order valence-electron chi connectivity index (χ0n) is 13.0. The maximum atomic E-state index is 12.7. The number of hydrogen-bond acceptors (Lipinski definition) is 3. The summed E-state index contributed by atoms with van der Waals surface area (Å²) in [5, 5.41) is 5.20. The summed E-state index contributed by atoms with van der Waals surface area (Å²) in [5.41, 5.74) is 0.140. The minimum atomic E-state index is -3.92. The summed E-state index contributed by atoms with van der Waals surface area (Å²) in [7, 11) is -3.92. The second-order valence-electron chi connectivity index (χ2n) is 6.04. The van der Waals surface area contributed by atoms with E-state index in [1.807, 2.05) is 27.7 Å². The van der Waals surface area contributed by atoms with Gasteiger partial charge in [0.2, 0.25) is 10.0 Å². The van der Waals surface area contributed by atoms with Crippen LogP contribution in [0, 0.1) is 11.8 Å². The smallest absolute Gasteiger partial charge is 0.255 e. The largest absolute Gasteiger partial charge is 0.338 e. The Bertz CT molecular complexity index is 585. The van der Waals surface area contributed by atoms with Crippen LogP contribution in [0.4, 0.5) is 0 Å². The molecule has 0 aromatic heterocycles. The van der Waals surface area contributed by atoms with E-state index in [1.165, 1.54) is 12.1 Å². The number of nitrogens with zero attached hydrogens (tertiary/aromatic N) is 1. The van der Waals surface area contributed by atoms with Crippen LogP contribution in [0.25, 0.3) is 0 Å². The molecule has 0 heterocycles. The molecule has 0 bridgehead atoms. The second-order valence-corrected chi connectivity index (χ2v) is 7.57. The molecule has 0 fully saturated rings. The molecule has 0 aliphatic carbocycles. The number of amides is 1. The van der Waals surface area contributed by atoms with Gasteiger partial charge in [0.1, 0.15) is 0 Å². The van der Waals surface area contributed by atoms with Crippen molar-refractivity contribution in [2.24, 2.45) is 17.0 Å². The molecule has 0 aliphatic heterocycles. The second kappa shape index (κ2) is 7.04. The van der Waals surface area contributed by atoms with Crippen LogP contribution >= 0.6 is 0 Å². The summed E-state index contributed by atoms with van der Waals surface area (Å²) in [4.78, 5) is 14.3. The molecule has 0 atom stereocenters. The Kier molecular flexibility index (Phi) is 5.92. The van der Waals surface area contributed by atoms with E-state index in [1.54, 1.807) is 17.0 Å². The lowest BCUT2D eigenvalue weighted by Gasteiger charge is -2.27. The van der Waals surface area contributed by atoms with Crippen molar-refractivity contribution in [1.82, 2.24) is 4.90 Å². The van der Waals surface area contributed by atoms with Gasteiger partial charge >= 0.3 is 0 Å². The zero-order valence-corrected chi connectivity index (χ0v) is 13.9. The van der Waals surface area contributed by atoms with E-state index in [0.29, 0.717) is 24.9 Å². The van der Waals surface area contributed by atoms with Gasteiger partial charge in [-0.2, -0.15) is 0 Å². The Morgan fingerprint density at radius 3 is 2.00 bits per heavy atom. The first-order chi connectivity index (χ1) is 9.62. The van der Waals surface area contributed by atoms with Crippen LogP contribution in [0.3, 0.4) is 0 Å². The molecular formula is C15H24N2O3S. The third kappa shape index (κ3) is 5.13. The van der Waals surface area contributed by atoms with Gasteiger partial charge < -0.3 is 4.90 Å². The first kappa shape index (κ1) is 17.7. The van der Waals surface area contributed by atoms with Crippen LogP contribution in [0.2, 0.25) is 0 Å². The van der Waals surface area contributed by atoms with E-state index in [9.17, 15) is 13.2 Å². The average Bonchev–Trinajstić information content (AvgIpc) is 2.35. The average molecular weight is 312 g/mol. The number of carbonyl (C=O) groups excluding carboxylic acids is 1. The van der Waals surface area contributed by atoms with Gasteiger partial charge in [-0.25, -0.2) is 13.6 Å². The number of benzene rings is 1. The molecule has 0 aliphatic rings. The number of hydrogen-bond donors (Lipinski definition) is 1. The van der Waals surface area contributed by atoms with Crippen LogP contribution < -0.4 is 5.14 Å². The van der Waals surface area contributed by atoms with Gasteiger partial charge in [-0.15, -0.1) is 0 Å². The molecular weight excluding hydrogens is 288 g/mol. The molecule has 0 saturated heterocycles. The normalized spacial score (nSPS) is 12.0. The molecule has 2 N–H and O–H groups in total. The summed E-state index contributed by atoms with van der Waals surface area (Å²) in [6, 6.07) is 6.08. The Morgan fingerprint density at radius 2 is 1.57 bits per heavy atom. The third-order valence-corrected chi connectivity index (χ3v) is 3.85. The van der Waals surface area contributed by atoms with Crippen molar-refractivity contribution in [3.63, 3.8) is 0 Å². The summed E-state index contributed by atoms with van der Waals surface area (Å²) in [5.74, 6) is 0.311. The van der Waals surface area contributed by atoms with Gasteiger partial charge in [-0.3, -0.25) is 4.79 Å². The van der Waals surface area contributed by atoms with Gasteiger partial charge in [0.05, 0.1) is 10.5 Å². The Hall–Kier alpha value is -1.40. The maximum absolute atomic E-state index is 12.7. The van der Waals surface area contributed by atoms with Crippen LogP contribution in [0.15, 0.2) is 29.2 Å². The number of rotatable bonds is 6. The Balaban J connectivity index is 3.21. The topological polar surface area (TPSA) is 80.5 Å². The number of primary sulfonamides is 1. The number of sulfonamides is 1. The molecule has 0 spiro atoms. The van der Waals surface area contributed by atoms with Crippen molar-refractivity contribution < 1.29 is 13.2 Å². The van der Waals surface area contributed by atoms with Gasteiger partial charge in [0, 0.05) is 13.1 Å². The number of carbonyl (C=O) groups is 1. The van der Waals surface area contributed by atoms with Crippen molar-refractivity contribution in [1.29, 1.82) is 0 Å². The molecule has 1 amide bonds. The van der Waals surface area contributed by atoms with Crippen molar-refractivity contribution >= 4 is 15.9 Å². The fourth-order valence-electron chi connectivity index (χ4n) is 2.18. The van der Waals surface area contributed by atoms with E-state index in [-0.39, 0.29) is 16.4 Å². The van der Waals surface area contributed by atoms with Gasteiger partial charge in [-0.1, -0.05) is 39.8 Å². The summed E-state index contributed by atoms with van der Waals surface area (Å²) < 4.78 is 23.3. The highest BCUT2D eigenvalue weighted by atomic mass is 32.2. The van der Waals surface area contributed by atoms with E-state index < -0.39 is 10.0 Å². The van der Waals surface area contributed by atoms with Gasteiger partial charge in [-0.05, 0) is 24.0 Å². The predicted octanol–water partition coefficient (Wildman–Crippen LogP) is 2.09. The van der Waals surface area contributed by atoms with E-state index in [0.717, 1.165) is 0 Å². The maximum Gasteiger partial charge on any atom is 0.255 e. The molecule has 1 aromatic rings. The first-order valence-electron chi connectivity index (χ1n) is 7.04. The molecule has 118 valence electrons. The van der Waals surface area contributed by atoms with Crippen LogP contribution in [0.1, 0.15) is 38.1 Å². The van der Waals surface area contributed by atoms with E-state index in [2.05, 4.69) is 0 Å². The predicted molar refractivity (Wildman–Crippen MR) is 83.4 cm³/mol. The molecule has 1 rings (SSSR count). The van der Waals surface area contributed by atoms with Crippen LogP contribution in [-0.4, -0.2) is 32.3 Å². The van der Waals surface area contributed by atoms with Crippen molar-refractivity contribution in [3.05, 3.63) is 29.8 Å². The van der Waals surface area contributed by atoms with E-state index in [4.69, 9.17) is 5.14 Å². The quantitative estimate of drug-likeness (QED) is 0.873. The summed E-state index contributed by atoms with van der Waals surface area (Å²) in [6.45, 7) is 9.24. The van der Waals surface area contributed by atoms with Gasteiger partial charge in [0.25, 0.3) is 5.91 Å². The van der Waals surface area contributed by atoms with Crippen molar-refractivity contribution in [2.75, 3.05) is 13.1 Å². The van der Waals surface area contributed by atoms with Crippen LogP contribution in [-0.2, 0) is 10.0 Å². The van der Waals surface area contributed by atoms with E-state index >= 15 is 0 Å². The molecule has 0 saturated carbocycles. The molecule has 5 nitrogen and oxygen atoms in total. The Morgan fingerprint density at radius 1 is 1.10 bits per heavy atom. The molecule has 6 heteroatoms. The van der Waals surface area contributed by atoms with Crippen molar-refractivity contribution in [2.45, 2.75) is 32.6 Å². The highest BCUT2D eigenvalue weighted by Crippen LogP contribution is 2.17. The summed E-state index contributed by atoms with van der Waals surface area (Å²) in [6.07, 6.45) is 0. The lowest BCUT2D eigenvalue weighted by molar-refractivity contribution is 0.0711. The molecule has 0 radical (unpaired) electrons. The SMILES string of the molecule is CC(C)CN(CC(C)C)C(=O)c1ccccc1S(N)(=O)=O. The molecule has 21 heavy (non-hydrogen) atoms. The monoisotopic (exact) mass is 312 g/mol. The van der Waals surface area contributed by atoms with Crippen molar-refractivity contribution in [3.8, 4) is 0 Å². The fourth-order valence-corrected chi connectivity index (χ4v) is 2.91.